The molecule has 3 rings (SSSR count). The summed E-state index contributed by atoms with van der Waals surface area (Å²) in [5.41, 5.74) is 4.77. The van der Waals surface area contributed by atoms with Crippen molar-refractivity contribution in [2.75, 3.05) is 0 Å². The van der Waals surface area contributed by atoms with Gasteiger partial charge in [-0.1, -0.05) is 12.1 Å². The van der Waals surface area contributed by atoms with Crippen LogP contribution >= 0.6 is 0 Å². The van der Waals surface area contributed by atoms with E-state index in [0.717, 1.165) is 16.6 Å². The van der Waals surface area contributed by atoms with Gasteiger partial charge in [-0.2, -0.15) is 0 Å². The fraction of sp³-hybridized carbons (Fsp3) is 0.176. The van der Waals surface area contributed by atoms with Gasteiger partial charge in [0.05, 0.1) is 12.2 Å². The number of carbonyl (C=O) groups is 1. The molecular weight excluding hydrogens is 262 g/mol. The second kappa shape index (κ2) is 5.40. The molecule has 106 valence electrons. The minimum absolute atomic E-state index is 0.117. The number of rotatable bonds is 3. The van der Waals surface area contributed by atoms with Gasteiger partial charge in [0.1, 0.15) is 5.69 Å². The smallest absolute Gasteiger partial charge is 0.268 e. The van der Waals surface area contributed by atoms with Crippen molar-refractivity contribution in [2.45, 2.75) is 20.4 Å². The van der Waals surface area contributed by atoms with E-state index in [-0.39, 0.29) is 5.91 Å². The first-order valence-corrected chi connectivity index (χ1v) is 6.91. The van der Waals surface area contributed by atoms with Gasteiger partial charge in [0.15, 0.2) is 0 Å². The molecule has 2 N–H and O–H groups in total. The summed E-state index contributed by atoms with van der Waals surface area (Å²) in [6, 6.07) is 11.7. The van der Waals surface area contributed by atoms with Crippen LogP contribution in [0, 0.1) is 13.8 Å². The van der Waals surface area contributed by atoms with Crippen LogP contribution in [0.2, 0.25) is 0 Å². The average Bonchev–Trinajstić information content (AvgIpc) is 2.90. The SMILES string of the molecule is Cc1cc(C)c2cc(C(=O)NCc3ccccn3)[nH]c2c1. The molecule has 0 spiro atoms. The first-order valence-electron chi connectivity index (χ1n) is 6.91. The van der Waals surface area contributed by atoms with Crippen molar-refractivity contribution in [1.29, 1.82) is 0 Å². The number of aryl methyl sites for hydroxylation is 2. The molecule has 0 saturated heterocycles. The highest BCUT2D eigenvalue weighted by Crippen LogP contribution is 2.21. The Bertz CT molecular complexity index is 790. The van der Waals surface area contributed by atoms with Crippen LogP contribution in [0.3, 0.4) is 0 Å². The fourth-order valence-corrected chi connectivity index (χ4v) is 2.49. The van der Waals surface area contributed by atoms with E-state index in [9.17, 15) is 4.79 Å². The van der Waals surface area contributed by atoms with Crippen molar-refractivity contribution in [1.82, 2.24) is 15.3 Å². The lowest BCUT2D eigenvalue weighted by Crippen LogP contribution is -2.23. The van der Waals surface area contributed by atoms with Crippen molar-refractivity contribution in [3.05, 3.63) is 65.1 Å². The minimum Gasteiger partial charge on any atom is -0.351 e. The fourth-order valence-electron chi connectivity index (χ4n) is 2.49. The number of fused-ring (bicyclic) bond motifs is 1. The van der Waals surface area contributed by atoms with Gasteiger partial charge in [0.25, 0.3) is 5.91 Å². The van der Waals surface area contributed by atoms with Crippen molar-refractivity contribution >= 4 is 16.8 Å². The number of aromatic nitrogens is 2. The number of pyridine rings is 1. The maximum Gasteiger partial charge on any atom is 0.268 e. The van der Waals surface area contributed by atoms with Gasteiger partial charge in [0.2, 0.25) is 0 Å². The molecular formula is C17H17N3O. The van der Waals surface area contributed by atoms with Gasteiger partial charge >= 0.3 is 0 Å². The topological polar surface area (TPSA) is 57.8 Å². The first kappa shape index (κ1) is 13.4. The van der Waals surface area contributed by atoms with E-state index in [1.54, 1.807) is 6.20 Å². The lowest BCUT2D eigenvalue weighted by atomic mass is 10.1. The quantitative estimate of drug-likeness (QED) is 0.774. The highest BCUT2D eigenvalue weighted by molar-refractivity contribution is 5.98. The van der Waals surface area contributed by atoms with E-state index in [0.29, 0.717) is 12.2 Å². The maximum absolute atomic E-state index is 12.2. The van der Waals surface area contributed by atoms with E-state index in [1.165, 1.54) is 11.1 Å². The van der Waals surface area contributed by atoms with Crippen LogP contribution in [0.25, 0.3) is 10.9 Å². The summed E-state index contributed by atoms with van der Waals surface area (Å²) < 4.78 is 0. The monoisotopic (exact) mass is 279 g/mol. The Labute approximate surface area is 123 Å². The zero-order valence-electron chi connectivity index (χ0n) is 12.1. The highest BCUT2D eigenvalue weighted by atomic mass is 16.1. The van der Waals surface area contributed by atoms with Gasteiger partial charge in [-0.3, -0.25) is 9.78 Å². The van der Waals surface area contributed by atoms with Crippen molar-refractivity contribution in [3.8, 4) is 0 Å². The number of nitrogens with zero attached hydrogens (tertiary/aromatic N) is 1. The Morgan fingerprint density at radius 1 is 1.24 bits per heavy atom. The summed E-state index contributed by atoms with van der Waals surface area (Å²) in [6.07, 6.45) is 1.72. The van der Waals surface area contributed by atoms with E-state index in [2.05, 4.69) is 34.3 Å². The third kappa shape index (κ3) is 2.79. The molecule has 0 fully saturated rings. The molecule has 1 aromatic carbocycles. The predicted molar refractivity (Wildman–Crippen MR) is 83.2 cm³/mol. The summed E-state index contributed by atoms with van der Waals surface area (Å²) in [4.78, 5) is 19.6. The molecule has 1 amide bonds. The molecule has 2 heterocycles. The zero-order chi connectivity index (χ0) is 14.8. The zero-order valence-corrected chi connectivity index (χ0v) is 12.1. The van der Waals surface area contributed by atoms with E-state index < -0.39 is 0 Å². The van der Waals surface area contributed by atoms with Crippen molar-refractivity contribution in [3.63, 3.8) is 0 Å². The van der Waals surface area contributed by atoms with Gasteiger partial charge in [-0.25, -0.2) is 0 Å². The normalized spacial score (nSPS) is 10.8. The first-order chi connectivity index (χ1) is 10.1. The number of hydrogen-bond acceptors (Lipinski definition) is 2. The summed E-state index contributed by atoms with van der Waals surface area (Å²) in [7, 11) is 0. The summed E-state index contributed by atoms with van der Waals surface area (Å²) in [5, 5.41) is 3.96. The molecule has 0 aliphatic rings. The molecule has 0 aliphatic carbocycles. The Kier molecular flexibility index (Phi) is 3.44. The van der Waals surface area contributed by atoms with E-state index in [4.69, 9.17) is 0 Å². The molecule has 0 bridgehead atoms. The summed E-state index contributed by atoms with van der Waals surface area (Å²) in [6.45, 7) is 4.53. The Hall–Kier alpha value is -2.62. The number of benzene rings is 1. The van der Waals surface area contributed by atoms with Crippen LogP contribution in [0.15, 0.2) is 42.6 Å². The number of hydrogen-bond donors (Lipinski definition) is 2. The Morgan fingerprint density at radius 2 is 2.10 bits per heavy atom. The van der Waals surface area contributed by atoms with Crippen LogP contribution in [0.1, 0.15) is 27.3 Å². The molecule has 0 unspecified atom stereocenters. The van der Waals surface area contributed by atoms with Crippen LogP contribution in [-0.2, 0) is 6.54 Å². The molecule has 0 aliphatic heterocycles. The maximum atomic E-state index is 12.2. The third-order valence-corrected chi connectivity index (χ3v) is 3.49. The van der Waals surface area contributed by atoms with Crippen LogP contribution in [0.4, 0.5) is 0 Å². The van der Waals surface area contributed by atoms with Crippen molar-refractivity contribution < 1.29 is 4.79 Å². The number of amides is 1. The molecule has 0 saturated carbocycles. The molecule has 21 heavy (non-hydrogen) atoms. The summed E-state index contributed by atoms with van der Waals surface area (Å²) in [5.74, 6) is -0.117. The van der Waals surface area contributed by atoms with Crippen molar-refractivity contribution in [2.24, 2.45) is 0 Å². The number of aromatic amines is 1. The van der Waals surface area contributed by atoms with Gasteiger partial charge in [0, 0.05) is 17.1 Å². The van der Waals surface area contributed by atoms with Crippen LogP contribution < -0.4 is 5.32 Å². The largest absolute Gasteiger partial charge is 0.351 e. The number of H-pyrrole nitrogens is 1. The highest BCUT2D eigenvalue weighted by Gasteiger charge is 2.11. The number of carbonyl (C=O) groups excluding carboxylic acids is 1. The van der Waals surface area contributed by atoms with E-state index >= 15 is 0 Å². The second-order valence-electron chi connectivity index (χ2n) is 5.23. The van der Waals surface area contributed by atoms with Gasteiger partial charge < -0.3 is 10.3 Å². The van der Waals surface area contributed by atoms with Crippen LogP contribution in [0.5, 0.6) is 0 Å². The Balaban J connectivity index is 1.80. The minimum atomic E-state index is -0.117. The van der Waals surface area contributed by atoms with Gasteiger partial charge in [-0.15, -0.1) is 0 Å². The van der Waals surface area contributed by atoms with E-state index in [1.807, 2.05) is 31.2 Å². The predicted octanol–water partition coefficient (Wildman–Crippen LogP) is 3.11. The second-order valence-corrected chi connectivity index (χ2v) is 5.23. The molecule has 4 heteroatoms. The molecule has 0 radical (unpaired) electrons. The van der Waals surface area contributed by atoms with Gasteiger partial charge in [-0.05, 0) is 49.2 Å². The molecule has 2 aromatic heterocycles. The third-order valence-electron chi connectivity index (χ3n) is 3.49. The Morgan fingerprint density at radius 3 is 2.86 bits per heavy atom. The lowest BCUT2D eigenvalue weighted by Gasteiger charge is -2.02. The molecule has 3 aromatic rings. The lowest BCUT2D eigenvalue weighted by molar-refractivity contribution is 0.0946. The average molecular weight is 279 g/mol. The molecule has 4 nitrogen and oxygen atoms in total. The standard InChI is InChI=1S/C17H17N3O/c1-11-7-12(2)14-9-16(20-15(14)8-11)17(21)19-10-13-5-3-4-6-18-13/h3-9,20H,10H2,1-2H3,(H,19,21). The number of nitrogens with one attached hydrogen (secondary N) is 2. The summed E-state index contributed by atoms with van der Waals surface area (Å²) >= 11 is 0. The van der Waals surface area contributed by atoms with Crippen LogP contribution in [-0.4, -0.2) is 15.9 Å². The molecule has 0 atom stereocenters.